The van der Waals surface area contributed by atoms with Crippen LogP contribution in [0.4, 0.5) is 22.0 Å². The van der Waals surface area contributed by atoms with Crippen molar-refractivity contribution in [1.29, 1.82) is 0 Å². The van der Waals surface area contributed by atoms with Crippen molar-refractivity contribution in [2.75, 3.05) is 6.54 Å². The second-order valence-electron chi connectivity index (χ2n) is 15.8. The van der Waals surface area contributed by atoms with Crippen molar-refractivity contribution in [3.63, 3.8) is 0 Å². The van der Waals surface area contributed by atoms with Crippen LogP contribution < -0.4 is 37.6 Å². The number of carbonyl (C=O) groups is 7. The van der Waals surface area contributed by atoms with E-state index in [4.69, 9.17) is 5.73 Å². The van der Waals surface area contributed by atoms with Crippen LogP contribution in [0.3, 0.4) is 0 Å². The third kappa shape index (κ3) is 15.1. The van der Waals surface area contributed by atoms with Gasteiger partial charge in [-0.15, -0.1) is 0 Å². The van der Waals surface area contributed by atoms with Gasteiger partial charge in [0.2, 0.25) is 41.3 Å². The predicted molar refractivity (Wildman–Crippen MR) is 217 cm³/mol. The number of benzene rings is 2. The number of nitrogens with two attached hydrogens (primary N) is 1. The minimum atomic E-state index is -2.41. The summed E-state index contributed by atoms with van der Waals surface area (Å²) in [6, 6.07) is 0.295. The van der Waals surface area contributed by atoms with Gasteiger partial charge in [0.05, 0.1) is 6.42 Å². The van der Waals surface area contributed by atoms with Gasteiger partial charge in [0, 0.05) is 12.0 Å². The zero-order valence-electron chi connectivity index (χ0n) is 35.8. The first-order chi connectivity index (χ1) is 29.0. The quantitative estimate of drug-likeness (QED) is 0.0335. The maximum absolute atomic E-state index is 14.5. The van der Waals surface area contributed by atoms with E-state index in [0.29, 0.717) is 24.8 Å². The Morgan fingerprint density at radius 2 is 1.10 bits per heavy atom. The zero-order valence-corrected chi connectivity index (χ0v) is 35.8. The fraction of sp³-hybridized carbons (Fsp3) is 0.548. The number of amides is 6. The Hall–Kier alpha value is -5.66. The molecule has 7 atom stereocenters. The highest BCUT2D eigenvalue weighted by atomic mass is 19.2. The fourth-order valence-electron chi connectivity index (χ4n) is 6.20. The molecule has 0 heterocycles. The smallest absolute Gasteiger partial charge is 0.326 e. The monoisotopic (exact) mass is 883 g/mol. The van der Waals surface area contributed by atoms with Crippen LogP contribution in [0, 0.1) is 46.8 Å². The number of nitrogens with one attached hydrogen (secondary N) is 6. The lowest BCUT2D eigenvalue weighted by Crippen LogP contribution is -2.61. The summed E-state index contributed by atoms with van der Waals surface area (Å²) in [6.07, 6.45) is -0.415. The van der Waals surface area contributed by atoms with Crippen LogP contribution in [0.15, 0.2) is 30.3 Å². The van der Waals surface area contributed by atoms with Crippen LogP contribution in [-0.2, 0) is 46.4 Å². The Morgan fingerprint density at radius 3 is 1.61 bits per heavy atom. The Morgan fingerprint density at radius 1 is 0.597 bits per heavy atom. The minimum Gasteiger partial charge on any atom is -0.480 e. The van der Waals surface area contributed by atoms with Gasteiger partial charge in [-0.3, -0.25) is 28.8 Å². The first kappa shape index (κ1) is 52.5. The van der Waals surface area contributed by atoms with Crippen molar-refractivity contribution in [2.24, 2.45) is 23.5 Å². The van der Waals surface area contributed by atoms with Gasteiger partial charge < -0.3 is 42.7 Å². The van der Waals surface area contributed by atoms with E-state index in [-0.39, 0.29) is 19.4 Å². The molecule has 9 N–H and O–H groups in total. The lowest BCUT2D eigenvalue weighted by molar-refractivity contribution is -0.143. The van der Waals surface area contributed by atoms with Crippen LogP contribution in [0.25, 0.3) is 0 Å². The van der Waals surface area contributed by atoms with Gasteiger partial charge in [0.25, 0.3) is 0 Å². The van der Waals surface area contributed by atoms with Crippen LogP contribution in [0.1, 0.15) is 85.3 Å². The average molecular weight is 884 g/mol. The van der Waals surface area contributed by atoms with E-state index in [2.05, 4.69) is 31.9 Å². The van der Waals surface area contributed by atoms with Gasteiger partial charge >= 0.3 is 5.97 Å². The van der Waals surface area contributed by atoms with Crippen LogP contribution >= 0.6 is 0 Å². The summed E-state index contributed by atoms with van der Waals surface area (Å²) < 4.78 is 70.3. The van der Waals surface area contributed by atoms with E-state index in [1.807, 2.05) is 0 Å². The van der Waals surface area contributed by atoms with Crippen LogP contribution in [0.2, 0.25) is 0 Å². The first-order valence-electron chi connectivity index (χ1n) is 20.3. The molecule has 0 fully saturated rings. The van der Waals surface area contributed by atoms with Crippen molar-refractivity contribution >= 4 is 41.4 Å². The molecule has 1 unspecified atom stereocenters. The molecule has 344 valence electrons. The van der Waals surface area contributed by atoms with Gasteiger partial charge in [-0.05, 0) is 56.0 Å². The Bertz CT molecular complexity index is 1880. The fourth-order valence-corrected chi connectivity index (χ4v) is 6.20. The lowest BCUT2D eigenvalue weighted by Gasteiger charge is -2.30. The lowest BCUT2D eigenvalue weighted by atomic mass is 9.96. The molecule has 0 aromatic heterocycles. The number of rotatable bonds is 24. The van der Waals surface area contributed by atoms with Crippen LogP contribution in [0.5, 0.6) is 0 Å². The molecule has 0 bridgehead atoms. The molecule has 20 heteroatoms. The maximum Gasteiger partial charge on any atom is 0.326 e. The van der Waals surface area contributed by atoms with Gasteiger partial charge in [-0.25, -0.2) is 26.7 Å². The third-order valence-electron chi connectivity index (χ3n) is 10.2. The van der Waals surface area contributed by atoms with E-state index < -0.39 is 136 Å². The summed E-state index contributed by atoms with van der Waals surface area (Å²) in [5, 5.41) is 24.4. The van der Waals surface area contributed by atoms with Crippen molar-refractivity contribution in [3.8, 4) is 0 Å². The molecule has 2 aromatic carbocycles. The van der Waals surface area contributed by atoms with E-state index in [0.717, 1.165) is 0 Å². The summed E-state index contributed by atoms with van der Waals surface area (Å²) in [4.78, 5) is 92.7. The molecule has 0 spiro atoms. The molecule has 0 aliphatic carbocycles. The number of aliphatic carboxylic acids is 1. The molecule has 2 rings (SSSR count). The molecule has 0 aliphatic rings. The van der Waals surface area contributed by atoms with E-state index in [9.17, 15) is 60.6 Å². The third-order valence-corrected chi connectivity index (χ3v) is 10.2. The number of carbonyl (C=O) groups excluding carboxylic acids is 6. The number of unbranched alkanes of at least 4 members (excludes halogenated alkanes) is 1. The summed E-state index contributed by atoms with van der Waals surface area (Å²) >= 11 is 0. The first-order valence-corrected chi connectivity index (χ1v) is 20.3. The summed E-state index contributed by atoms with van der Waals surface area (Å²) in [7, 11) is 0. The van der Waals surface area contributed by atoms with Gasteiger partial charge in [0.1, 0.15) is 36.3 Å². The van der Waals surface area contributed by atoms with E-state index >= 15 is 0 Å². The standard InChI is InChI=1S/C42H58F5N7O8/c1-8-22(6)36(54-39(58)27(18-24-14-10-9-11-15-24)50-28(55)19-25-29(43)31(45)33(47)32(46)30(25)44)41(60)51-26(16-12-13-17-48)38(57)52-34(20(2)3)40(59)49-23(7)37(56)53-35(21(4)5)42(61)62/h9-11,14-15,20-23,26-27,34-36H,8,12-13,16-19,48H2,1-7H3,(H,49,59)(H,50,55)(H,51,60)(H,52,57)(H,53,56)(H,54,58)(H,61,62)/t22?,23-,26-,27-,34-,35-,36-/m0/s1. The Kier molecular flexibility index (Phi) is 20.9. The molecule has 6 amide bonds. The molecule has 0 saturated heterocycles. The average Bonchev–Trinajstić information content (AvgIpc) is 3.22. The number of halogens is 5. The number of hydrogen-bond acceptors (Lipinski definition) is 8. The molecule has 0 saturated carbocycles. The van der Waals surface area contributed by atoms with E-state index in [1.165, 1.54) is 6.92 Å². The summed E-state index contributed by atoms with van der Waals surface area (Å²) in [5.41, 5.74) is 4.75. The van der Waals surface area contributed by atoms with Gasteiger partial charge in [-0.2, -0.15) is 0 Å². The number of carboxylic acids is 1. The summed E-state index contributed by atoms with van der Waals surface area (Å²) in [5.74, 6) is -19.6. The highest BCUT2D eigenvalue weighted by Crippen LogP contribution is 2.23. The van der Waals surface area contributed by atoms with Crippen molar-refractivity contribution in [3.05, 3.63) is 70.5 Å². The molecule has 0 radical (unpaired) electrons. The second-order valence-corrected chi connectivity index (χ2v) is 15.8. The summed E-state index contributed by atoms with van der Waals surface area (Å²) in [6.45, 7) is 11.4. The van der Waals surface area contributed by atoms with Crippen molar-refractivity contribution < 1.29 is 60.6 Å². The molecular weight excluding hydrogens is 825 g/mol. The molecule has 15 nitrogen and oxygen atoms in total. The van der Waals surface area contributed by atoms with Crippen molar-refractivity contribution in [1.82, 2.24) is 31.9 Å². The molecule has 62 heavy (non-hydrogen) atoms. The maximum atomic E-state index is 14.5. The Labute approximate surface area is 357 Å². The normalized spacial score (nSPS) is 14.7. The largest absolute Gasteiger partial charge is 0.480 e. The zero-order chi connectivity index (χ0) is 47.0. The van der Waals surface area contributed by atoms with Gasteiger partial charge in [-0.1, -0.05) is 78.3 Å². The molecule has 2 aromatic rings. The number of hydrogen-bond donors (Lipinski definition) is 8. The second kappa shape index (κ2) is 24.7. The van der Waals surface area contributed by atoms with Crippen molar-refractivity contribution in [2.45, 2.75) is 123 Å². The van der Waals surface area contributed by atoms with Crippen LogP contribution in [-0.4, -0.2) is 89.3 Å². The molecular formula is C42H58F5N7O8. The predicted octanol–water partition coefficient (Wildman–Crippen LogP) is 2.67. The minimum absolute atomic E-state index is 0.0390. The Balaban J connectivity index is 2.36. The highest BCUT2D eigenvalue weighted by molar-refractivity contribution is 5.97. The topological polar surface area (TPSA) is 238 Å². The molecule has 0 aliphatic heterocycles. The van der Waals surface area contributed by atoms with Gasteiger partial charge in [0.15, 0.2) is 23.3 Å². The number of carboxylic acid groups (broad SMARTS) is 1. The highest BCUT2D eigenvalue weighted by Gasteiger charge is 2.36. The SMILES string of the molecule is CCC(C)[C@H](NC(=O)[C@H](Cc1ccccc1)NC(=O)Cc1c(F)c(F)c(F)c(F)c1F)C(=O)N[C@@H](CCCCN)C(=O)N[C@H](C(=O)N[C@@H](C)C(=O)N[C@H](C(=O)O)C(C)C)C(C)C. The van der Waals surface area contributed by atoms with E-state index in [1.54, 1.807) is 71.9 Å².